The molecule has 0 saturated carbocycles. The van der Waals surface area contributed by atoms with Gasteiger partial charge in [0.2, 0.25) is 0 Å². The van der Waals surface area contributed by atoms with Crippen molar-refractivity contribution in [3.8, 4) is 10.6 Å². The Hall–Kier alpha value is -1.55. The van der Waals surface area contributed by atoms with Gasteiger partial charge in [0.05, 0.1) is 4.88 Å². The van der Waals surface area contributed by atoms with Gasteiger partial charge in [-0.05, 0) is 18.1 Å². The monoisotopic (exact) mass is 218 g/mol. The summed E-state index contributed by atoms with van der Waals surface area (Å²) in [5.74, 6) is 0. The summed E-state index contributed by atoms with van der Waals surface area (Å²) in [5.41, 5.74) is 2.23. The van der Waals surface area contributed by atoms with Crippen LogP contribution in [0, 0.1) is 0 Å². The Bertz CT molecular complexity index is 479. The topological polar surface area (TPSA) is 42.9 Å². The van der Waals surface area contributed by atoms with E-state index in [0.717, 1.165) is 28.8 Å². The van der Waals surface area contributed by atoms with Crippen LogP contribution in [0.3, 0.4) is 0 Å². The minimum absolute atomic E-state index is 0.656. The molecule has 2 rings (SSSR count). The zero-order valence-electron chi connectivity index (χ0n) is 8.30. The van der Waals surface area contributed by atoms with E-state index in [4.69, 9.17) is 0 Å². The largest absolute Gasteiger partial charge is 0.297 e. The number of thiazole rings is 1. The molecular formula is C11H10N2OS. The average molecular weight is 218 g/mol. The number of aromatic nitrogens is 2. The lowest BCUT2D eigenvalue weighted by atomic mass is 10.1. The van der Waals surface area contributed by atoms with E-state index in [1.807, 2.05) is 12.3 Å². The lowest BCUT2D eigenvalue weighted by Gasteiger charge is -2.02. The third-order valence-corrected chi connectivity index (χ3v) is 3.11. The first-order valence-electron chi connectivity index (χ1n) is 4.69. The summed E-state index contributed by atoms with van der Waals surface area (Å²) in [6.45, 7) is 2.08. The van der Waals surface area contributed by atoms with Crippen LogP contribution in [-0.4, -0.2) is 16.3 Å². The SMILES string of the molecule is CCc1cnccc1-c1ncc(C=O)s1. The van der Waals surface area contributed by atoms with Crippen LogP contribution >= 0.6 is 11.3 Å². The van der Waals surface area contributed by atoms with E-state index in [1.165, 1.54) is 11.3 Å². The van der Waals surface area contributed by atoms with Gasteiger partial charge in [-0.1, -0.05) is 6.92 Å². The molecule has 0 spiro atoms. The molecule has 76 valence electrons. The molecule has 0 bridgehead atoms. The van der Waals surface area contributed by atoms with Crippen LogP contribution in [0.4, 0.5) is 0 Å². The number of carbonyl (C=O) groups is 1. The van der Waals surface area contributed by atoms with Crippen molar-refractivity contribution in [1.29, 1.82) is 0 Å². The summed E-state index contributed by atoms with van der Waals surface area (Å²) < 4.78 is 0. The molecule has 15 heavy (non-hydrogen) atoms. The second kappa shape index (κ2) is 4.31. The molecule has 0 aliphatic rings. The van der Waals surface area contributed by atoms with Crippen molar-refractivity contribution in [2.24, 2.45) is 0 Å². The Morgan fingerprint density at radius 3 is 3.00 bits per heavy atom. The standard InChI is InChI=1S/C11H10N2OS/c1-2-8-5-12-4-3-10(8)11-13-6-9(7-14)15-11/h3-7H,2H2,1H3. The third kappa shape index (κ3) is 1.94. The van der Waals surface area contributed by atoms with Gasteiger partial charge in [-0.25, -0.2) is 4.98 Å². The highest BCUT2D eigenvalue weighted by atomic mass is 32.1. The summed E-state index contributed by atoms with van der Waals surface area (Å²) in [7, 11) is 0. The van der Waals surface area contributed by atoms with E-state index in [-0.39, 0.29) is 0 Å². The fourth-order valence-electron chi connectivity index (χ4n) is 1.38. The van der Waals surface area contributed by atoms with Gasteiger partial charge < -0.3 is 0 Å². The van der Waals surface area contributed by atoms with E-state index in [9.17, 15) is 4.79 Å². The van der Waals surface area contributed by atoms with Crippen LogP contribution in [0.5, 0.6) is 0 Å². The highest BCUT2D eigenvalue weighted by Gasteiger charge is 2.07. The molecule has 0 unspecified atom stereocenters. The predicted molar refractivity (Wildman–Crippen MR) is 60.1 cm³/mol. The average Bonchev–Trinajstić information content (AvgIpc) is 2.77. The first-order chi connectivity index (χ1) is 7.35. The van der Waals surface area contributed by atoms with E-state index >= 15 is 0 Å². The van der Waals surface area contributed by atoms with Gasteiger partial charge in [0.15, 0.2) is 6.29 Å². The number of nitrogens with zero attached hydrogens (tertiary/aromatic N) is 2. The first kappa shape index (κ1) is 9.98. The second-order valence-electron chi connectivity index (χ2n) is 3.07. The fourth-order valence-corrected chi connectivity index (χ4v) is 2.17. The molecule has 0 aliphatic heterocycles. The maximum atomic E-state index is 10.6. The van der Waals surface area contributed by atoms with Crippen molar-refractivity contribution >= 4 is 17.6 Å². The van der Waals surface area contributed by atoms with Gasteiger partial charge in [-0.2, -0.15) is 0 Å². The molecule has 0 aromatic carbocycles. The molecule has 0 saturated heterocycles. The Labute approximate surface area is 91.8 Å². The molecule has 4 heteroatoms. The van der Waals surface area contributed by atoms with E-state index in [0.29, 0.717) is 4.88 Å². The molecule has 0 fully saturated rings. The maximum absolute atomic E-state index is 10.6. The van der Waals surface area contributed by atoms with E-state index < -0.39 is 0 Å². The lowest BCUT2D eigenvalue weighted by molar-refractivity contribution is 0.112. The van der Waals surface area contributed by atoms with Crippen LogP contribution in [-0.2, 0) is 6.42 Å². The van der Waals surface area contributed by atoms with Crippen LogP contribution in [0.1, 0.15) is 22.2 Å². The van der Waals surface area contributed by atoms with Gasteiger partial charge in [0.25, 0.3) is 0 Å². The number of pyridine rings is 1. The highest BCUT2D eigenvalue weighted by Crippen LogP contribution is 2.27. The third-order valence-electron chi connectivity index (χ3n) is 2.15. The quantitative estimate of drug-likeness (QED) is 0.744. The van der Waals surface area contributed by atoms with Gasteiger partial charge in [0, 0.05) is 24.2 Å². The molecule has 2 heterocycles. The molecular weight excluding hydrogens is 208 g/mol. The normalized spacial score (nSPS) is 10.2. The Kier molecular flexibility index (Phi) is 2.87. The number of hydrogen-bond donors (Lipinski definition) is 0. The molecule has 0 radical (unpaired) electrons. The molecule has 0 N–H and O–H groups in total. The van der Waals surface area contributed by atoms with Crippen LogP contribution < -0.4 is 0 Å². The van der Waals surface area contributed by atoms with Crippen LogP contribution in [0.15, 0.2) is 24.7 Å². The lowest BCUT2D eigenvalue weighted by Crippen LogP contribution is -1.87. The van der Waals surface area contributed by atoms with Gasteiger partial charge in [0.1, 0.15) is 5.01 Å². The summed E-state index contributed by atoms with van der Waals surface area (Å²) in [6.07, 6.45) is 6.94. The Morgan fingerprint density at radius 2 is 2.33 bits per heavy atom. The number of aldehydes is 1. The summed E-state index contributed by atoms with van der Waals surface area (Å²) in [5, 5.41) is 0.886. The van der Waals surface area contributed by atoms with Crippen LogP contribution in [0.25, 0.3) is 10.6 Å². The summed E-state index contributed by atoms with van der Waals surface area (Å²) >= 11 is 1.41. The zero-order chi connectivity index (χ0) is 10.7. The van der Waals surface area contributed by atoms with E-state index in [1.54, 1.807) is 12.4 Å². The number of aryl methyl sites for hydroxylation is 1. The minimum atomic E-state index is 0.656. The molecule has 0 aliphatic carbocycles. The second-order valence-corrected chi connectivity index (χ2v) is 4.13. The van der Waals surface area contributed by atoms with Gasteiger partial charge in [-0.3, -0.25) is 9.78 Å². The zero-order valence-corrected chi connectivity index (χ0v) is 9.12. The maximum Gasteiger partial charge on any atom is 0.161 e. The van der Waals surface area contributed by atoms with Crippen molar-refractivity contribution in [1.82, 2.24) is 9.97 Å². The highest BCUT2D eigenvalue weighted by molar-refractivity contribution is 7.16. The number of carbonyl (C=O) groups excluding carboxylic acids is 1. The molecule has 0 atom stereocenters. The smallest absolute Gasteiger partial charge is 0.161 e. The Morgan fingerprint density at radius 1 is 1.47 bits per heavy atom. The van der Waals surface area contributed by atoms with E-state index in [2.05, 4.69) is 16.9 Å². The minimum Gasteiger partial charge on any atom is -0.297 e. The van der Waals surface area contributed by atoms with Gasteiger partial charge in [-0.15, -0.1) is 11.3 Å². The molecule has 0 amide bonds. The van der Waals surface area contributed by atoms with Gasteiger partial charge >= 0.3 is 0 Å². The number of hydrogen-bond acceptors (Lipinski definition) is 4. The van der Waals surface area contributed by atoms with Crippen molar-refractivity contribution < 1.29 is 4.79 Å². The summed E-state index contributed by atoms with van der Waals surface area (Å²) in [4.78, 5) is 19.5. The molecule has 2 aromatic rings. The summed E-state index contributed by atoms with van der Waals surface area (Å²) in [6, 6.07) is 1.94. The van der Waals surface area contributed by atoms with Crippen molar-refractivity contribution in [3.63, 3.8) is 0 Å². The van der Waals surface area contributed by atoms with Crippen molar-refractivity contribution in [3.05, 3.63) is 35.1 Å². The van der Waals surface area contributed by atoms with Crippen molar-refractivity contribution in [2.45, 2.75) is 13.3 Å². The molecule has 2 aromatic heterocycles. The molecule has 3 nitrogen and oxygen atoms in total. The fraction of sp³-hybridized carbons (Fsp3) is 0.182. The Balaban J connectivity index is 2.48. The number of rotatable bonds is 3. The van der Waals surface area contributed by atoms with Crippen LogP contribution in [0.2, 0.25) is 0 Å². The predicted octanol–water partition coefficient (Wildman–Crippen LogP) is 2.58. The first-order valence-corrected chi connectivity index (χ1v) is 5.51. The van der Waals surface area contributed by atoms with Crippen molar-refractivity contribution in [2.75, 3.05) is 0 Å².